The summed E-state index contributed by atoms with van der Waals surface area (Å²) in [5.41, 5.74) is 0.546. The van der Waals surface area contributed by atoms with Gasteiger partial charge in [0.25, 0.3) is 0 Å². The molecule has 0 spiro atoms. The Hall–Kier alpha value is -1.46. The first kappa shape index (κ1) is 16.4. The average Bonchev–Trinajstić information content (AvgIpc) is 2.72. The number of fused-ring (bicyclic) bond motifs is 1. The van der Waals surface area contributed by atoms with E-state index in [1.165, 1.54) is 0 Å². The average molecular weight is 340 g/mol. The van der Waals surface area contributed by atoms with Crippen LogP contribution in [0.4, 0.5) is 0 Å². The van der Waals surface area contributed by atoms with Gasteiger partial charge in [0.1, 0.15) is 0 Å². The van der Waals surface area contributed by atoms with Crippen molar-refractivity contribution in [2.24, 2.45) is 0 Å². The van der Waals surface area contributed by atoms with Crippen LogP contribution in [0.25, 0.3) is 0 Å². The number of ether oxygens (including phenoxy) is 3. The molecule has 2 heterocycles. The zero-order valence-electron chi connectivity index (χ0n) is 13.6. The first-order chi connectivity index (χ1) is 10.9. The fraction of sp³-hybridized carbons (Fsp3) is 0.588. The molecule has 5 nitrogen and oxygen atoms in total. The first-order valence-corrected chi connectivity index (χ1v) is 8.32. The van der Waals surface area contributed by atoms with Crippen LogP contribution in [0.3, 0.4) is 0 Å². The molecule has 1 saturated heterocycles. The van der Waals surface area contributed by atoms with Gasteiger partial charge in [0.2, 0.25) is 5.91 Å². The first-order valence-electron chi connectivity index (χ1n) is 7.94. The van der Waals surface area contributed by atoms with Gasteiger partial charge in [-0.1, -0.05) is 11.6 Å². The second-order valence-electron chi connectivity index (χ2n) is 6.56. The van der Waals surface area contributed by atoms with Gasteiger partial charge in [0, 0.05) is 19.5 Å². The maximum Gasteiger partial charge on any atom is 0.227 e. The number of carbonyl (C=O) groups excluding carboxylic acids is 1. The predicted molar refractivity (Wildman–Crippen MR) is 87.4 cm³/mol. The topological polar surface area (TPSA) is 48.0 Å². The summed E-state index contributed by atoms with van der Waals surface area (Å²) in [6, 6.07) is 3.65. The van der Waals surface area contributed by atoms with Crippen LogP contribution in [0.15, 0.2) is 12.1 Å². The lowest BCUT2D eigenvalue weighted by Gasteiger charge is -2.38. The summed E-state index contributed by atoms with van der Waals surface area (Å²) in [5.74, 6) is 1.28. The molecule has 0 atom stereocenters. The molecule has 1 fully saturated rings. The largest absolute Gasteiger partial charge is 0.489 e. The molecular formula is C17H22ClNO4. The Morgan fingerprint density at radius 3 is 2.83 bits per heavy atom. The number of halogens is 1. The van der Waals surface area contributed by atoms with Gasteiger partial charge in [-0.25, -0.2) is 0 Å². The normalized spacial score (nSPS) is 20.0. The van der Waals surface area contributed by atoms with Crippen molar-refractivity contribution in [3.05, 3.63) is 22.7 Å². The lowest BCUT2D eigenvalue weighted by Crippen LogP contribution is -2.51. The molecule has 0 saturated carbocycles. The smallest absolute Gasteiger partial charge is 0.227 e. The van der Waals surface area contributed by atoms with E-state index < -0.39 is 0 Å². The summed E-state index contributed by atoms with van der Waals surface area (Å²) < 4.78 is 16.9. The van der Waals surface area contributed by atoms with E-state index in [-0.39, 0.29) is 11.5 Å². The Morgan fingerprint density at radius 2 is 2.04 bits per heavy atom. The molecule has 2 aliphatic rings. The molecule has 0 unspecified atom stereocenters. The van der Waals surface area contributed by atoms with E-state index in [0.717, 1.165) is 12.0 Å². The molecule has 1 aromatic carbocycles. The van der Waals surface area contributed by atoms with Crippen molar-refractivity contribution in [3.8, 4) is 11.5 Å². The highest BCUT2D eigenvalue weighted by Crippen LogP contribution is 2.38. The highest BCUT2D eigenvalue weighted by atomic mass is 35.5. The third kappa shape index (κ3) is 3.90. The molecule has 1 amide bonds. The van der Waals surface area contributed by atoms with E-state index in [4.69, 9.17) is 25.8 Å². The number of hydrogen-bond donors (Lipinski definition) is 0. The van der Waals surface area contributed by atoms with Crippen molar-refractivity contribution < 1.29 is 19.0 Å². The van der Waals surface area contributed by atoms with Crippen molar-refractivity contribution in [2.45, 2.75) is 32.3 Å². The summed E-state index contributed by atoms with van der Waals surface area (Å²) in [7, 11) is 0. The van der Waals surface area contributed by atoms with Crippen LogP contribution in [-0.4, -0.2) is 49.3 Å². The van der Waals surface area contributed by atoms with Crippen LogP contribution < -0.4 is 9.47 Å². The van der Waals surface area contributed by atoms with Crippen LogP contribution in [0.5, 0.6) is 11.5 Å². The molecule has 126 valence electrons. The lowest BCUT2D eigenvalue weighted by atomic mass is 10.1. The summed E-state index contributed by atoms with van der Waals surface area (Å²) in [5, 5.41) is 0.495. The zero-order chi connectivity index (χ0) is 16.4. The number of rotatable bonds is 2. The molecular weight excluding hydrogens is 318 g/mol. The summed E-state index contributed by atoms with van der Waals surface area (Å²) in [6.45, 7) is 6.98. The second kappa shape index (κ2) is 6.57. The maximum atomic E-state index is 12.6. The lowest BCUT2D eigenvalue weighted by molar-refractivity contribution is -0.145. The molecule has 0 bridgehead atoms. The van der Waals surface area contributed by atoms with E-state index in [0.29, 0.717) is 55.9 Å². The Bertz CT molecular complexity index is 603. The van der Waals surface area contributed by atoms with Crippen molar-refractivity contribution in [3.63, 3.8) is 0 Å². The predicted octanol–water partition coefficient (Wildman–Crippen LogP) is 2.68. The molecule has 3 rings (SSSR count). The minimum absolute atomic E-state index is 0.0759. The molecule has 0 N–H and O–H groups in total. The molecule has 23 heavy (non-hydrogen) atoms. The standard InChI is InChI=1S/C17H22ClNO4/c1-17(2)11-19(4-7-23-17)15(20)10-12-8-13(18)16-14(9-12)21-5-3-6-22-16/h8-9H,3-7,10-11H2,1-2H3. The number of amides is 1. The number of morpholine rings is 1. The molecule has 1 aromatic rings. The monoisotopic (exact) mass is 339 g/mol. The minimum Gasteiger partial charge on any atom is -0.489 e. The fourth-order valence-electron chi connectivity index (χ4n) is 2.90. The van der Waals surface area contributed by atoms with E-state index in [2.05, 4.69) is 0 Å². The third-order valence-electron chi connectivity index (χ3n) is 4.00. The second-order valence-corrected chi connectivity index (χ2v) is 6.96. The van der Waals surface area contributed by atoms with Gasteiger partial charge in [-0.2, -0.15) is 0 Å². The highest BCUT2D eigenvalue weighted by Gasteiger charge is 2.30. The SMILES string of the molecule is CC1(C)CN(C(=O)Cc2cc(Cl)c3c(c2)OCCCO3)CCO1. The Labute approximate surface area is 141 Å². The van der Waals surface area contributed by atoms with Gasteiger partial charge in [0.15, 0.2) is 11.5 Å². The summed E-state index contributed by atoms with van der Waals surface area (Å²) >= 11 is 6.28. The number of carbonyl (C=O) groups is 1. The van der Waals surface area contributed by atoms with Gasteiger partial charge in [-0.3, -0.25) is 4.79 Å². The minimum atomic E-state index is -0.295. The molecule has 2 aliphatic heterocycles. The van der Waals surface area contributed by atoms with Crippen LogP contribution in [-0.2, 0) is 16.0 Å². The molecule has 0 aliphatic carbocycles. The Kier molecular flexibility index (Phi) is 4.69. The summed E-state index contributed by atoms with van der Waals surface area (Å²) in [6.07, 6.45) is 1.12. The third-order valence-corrected chi connectivity index (χ3v) is 4.28. The van der Waals surface area contributed by atoms with Crippen LogP contribution >= 0.6 is 11.6 Å². The van der Waals surface area contributed by atoms with Crippen molar-refractivity contribution >= 4 is 17.5 Å². The summed E-state index contributed by atoms with van der Waals surface area (Å²) in [4.78, 5) is 14.4. The molecule has 0 aromatic heterocycles. The van der Waals surface area contributed by atoms with Gasteiger partial charge in [0.05, 0.1) is 36.9 Å². The number of nitrogens with zero attached hydrogens (tertiary/aromatic N) is 1. The zero-order valence-corrected chi connectivity index (χ0v) is 14.3. The van der Waals surface area contributed by atoms with Crippen molar-refractivity contribution in [1.29, 1.82) is 0 Å². The van der Waals surface area contributed by atoms with Gasteiger partial charge >= 0.3 is 0 Å². The van der Waals surface area contributed by atoms with E-state index in [1.807, 2.05) is 24.8 Å². The highest BCUT2D eigenvalue weighted by molar-refractivity contribution is 6.32. The van der Waals surface area contributed by atoms with E-state index in [9.17, 15) is 4.79 Å². The van der Waals surface area contributed by atoms with E-state index in [1.54, 1.807) is 6.07 Å². The Morgan fingerprint density at radius 1 is 1.26 bits per heavy atom. The van der Waals surface area contributed by atoms with Gasteiger partial charge in [-0.05, 0) is 31.5 Å². The molecule has 6 heteroatoms. The van der Waals surface area contributed by atoms with Gasteiger partial charge < -0.3 is 19.1 Å². The van der Waals surface area contributed by atoms with Crippen LogP contribution in [0, 0.1) is 0 Å². The van der Waals surface area contributed by atoms with Crippen molar-refractivity contribution in [2.75, 3.05) is 32.9 Å². The van der Waals surface area contributed by atoms with Crippen LogP contribution in [0.1, 0.15) is 25.8 Å². The Balaban J connectivity index is 1.74. The van der Waals surface area contributed by atoms with Crippen LogP contribution in [0.2, 0.25) is 5.02 Å². The van der Waals surface area contributed by atoms with Gasteiger partial charge in [-0.15, -0.1) is 0 Å². The number of hydrogen-bond acceptors (Lipinski definition) is 4. The molecule has 0 radical (unpaired) electrons. The number of benzene rings is 1. The van der Waals surface area contributed by atoms with Crippen molar-refractivity contribution in [1.82, 2.24) is 4.90 Å². The quantitative estimate of drug-likeness (QED) is 0.831. The fourth-order valence-corrected chi connectivity index (χ4v) is 3.19. The van der Waals surface area contributed by atoms with E-state index >= 15 is 0 Å². The maximum absolute atomic E-state index is 12.6.